The van der Waals surface area contributed by atoms with E-state index in [1.165, 1.54) is 0 Å². The van der Waals surface area contributed by atoms with Crippen LogP contribution in [0.15, 0.2) is 30.3 Å². The Morgan fingerprint density at radius 2 is 1.94 bits per heavy atom. The number of anilines is 1. The first-order valence-corrected chi connectivity index (χ1v) is 13.4. The third-order valence-electron chi connectivity index (χ3n) is 7.92. The molecule has 1 spiro atoms. The fourth-order valence-electron chi connectivity index (χ4n) is 6.27. The van der Waals surface area contributed by atoms with E-state index in [1.807, 2.05) is 44.2 Å². The second-order valence-corrected chi connectivity index (χ2v) is 11.8. The van der Waals surface area contributed by atoms with Crippen LogP contribution in [-0.4, -0.2) is 63.0 Å². The number of carbonyl (C=O) groups excluding carboxylic acids is 3. The van der Waals surface area contributed by atoms with E-state index >= 15 is 0 Å². The number of hydrogen-bond acceptors (Lipinski definition) is 5. The highest BCUT2D eigenvalue weighted by Gasteiger charge is 2.76. The predicted molar refractivity (Wildman–Crippen MR) is 134 cm³/mol. The summed E-state index contributed by atoms with van der Waals surface area (Å²) in [6.45, 7) is 8.44. The van der Waals surface area contributed by atoms with Gasteiger partial charge in [0.05, 0.1) is 29.2 Å². The number of unbranched alkanes of at least 4 members (excludes halogenated alkanes) is 1. The van der Waals surface area contributed by atoms with Gasteiger partial charge in [-0.15, -0.1) is 11.8 Å². The average molecular weight is 488 g/mol. The summed E-state index contributed by atoms with van der Waals surface area (Å²) in [6.07, 6.45) is 2.62. The molecule has 34 heavy (non-hydrogen) atoms. The number of aliphatic hydroxyl groups is 1. The Kier molecular flexibility index (Phi) is 7.29. The van der Waals surface area contributed by atoms with Crippen molar-refractivity contribution in [2.24, 2.45) is 23.7 Å². The van der Waals surface area contributed by atoms with Crippen molar-refractivity contribution >= 4 is 35.2 Å². The molecule has 3 fully saturated rings. The highest BCUT2D eigenvalue weighted by Crippen LogP contribution is 2.69. The summed E-state index contributed by atoms with van der Waals surface area (Å²) >= 11 is 1.66. The third kappa shape index (κ3) is 3.92. The molecule has 0 radical (unpaired) electrons. The van der Waals surface area contributed by atoms with Gasteiger partial charge in [-0.05, 0) is 36.8 Å². The first-order valence-electron chi connectivity index (χ1n) is 12.5. The first-order chi connectivity index (χ1) is 16.3. The fourth-order valence-corrected chi connectivity index (χ4v) is 8.68. The highest BCUT2D eigenvalue weighted by molar-refractivity contribution is 8.02. The summed E-state index contributed by atoms with van der Waals surface area (Å²) in [5, 5.41) is 16.3. The monoisotopic (exact) mass is 487 g/mol. The number of para-hydroxylation sites is 1. The van der Waals surface area contributed by atoms with Gasteiger partial charge in [0.1, 0.15) is 6.04 Å². The molecule has 3 saturated heterocycles. The van der Waals surface area contributed by atoms with E-state index in [0.717, 1.165) is 19.3 Å². The minimum absolute atomic E-state index is 0.00706. The van der Waals surface area contributed by atoms with Crippen LogP contribution in [0.4, 0.5) is 5.69 Å². The summed E-state index contributed by atoms with van der Waals surface area (Å²) in [6, 6.07) is 8.12. The van der Waals surface area contributed by atoms with Crippen LogP contribution in [-0.2, 0) is 14.4 Å². The van der Waals surface area contributed by atoms with Gasteiger partial charge in [-0.25, -0.2) is 0 Å². The molecule has 0 saturated carbocycles. The molecule has 4 rings (SSSR count). The van der Waals surface area contributed by atoms with Crippen molar-refractivity contribution < 1.29 is 19.5 Å². The normalized spacial score (nSPS) is 32.7. The van der Waals surface area contributed by atoms with Gasteiger partial charge >= 0.3 is 0 Å². The lowest BCUT2D eigenvalue weighted by molar-refractivity contribution is -0.143. The second-order valence-electron chi connectivity index (χ2n) is 10.3. The van der Waals surface area contributed by atoms with Crippen molar-refractivity contribution in [2.45, 2.75) is 69.0 Å². The summed E-state index contributed by atoms with van der Waals surface area (Å²) in [5.41, 5.74) is 0.703. The van der Waals surface area contributed by atoms with Crippen LogP contribution in [0.5, 0.6) is 0 Å². The maximum Gasteiger partial charge on any atom is 0.244 e. The predicted octanol–water partition coefficient (Wildman–Crippen LogP) is 2.90. The molecule has 8 heteroatoms. The lowest BCUT2D eigenvalue weighted by Crippen LogP contribution is -2.59. The SMILES string of the molecule is CCCCNC(=O)C1N([C@@H](CO)C(C)C)C(=O)[C@@H]2[C@@H](C(=O)Nc3ccccc3)[C@H]3CC(C)C12S3. The summed E-state index contributed by atoms with van der Waals surface area (Å²) in [7, 11) is 0. The van der Waals surface area contributed by atoms with Gasteiger partial charge in [0.2, 0.25) is 17.7 Å². The van der Waals surface area contributed by atoms with Crippen molar-refractivity contribution in [2.75, 3.05) is 18.5 Å². The standard InChI is InChI=1S/C26H37N3O4S/c1-5-6-12-27-24(32)22-26-16(4)13-19(34-26)20(23(31)28-17-10-8-7-9-11-17)21(26)25(33)29(22)18(14-30)15(2)3/h7-11,15-16,18-22,30H,5-6,12-14H2,1-4H3,(H,27,32)(H,28,31)/t16?,18-,19+,20-,21-,22?,26?/m0/s1. The molecular weight excluding hydrogens is 450 g/mol. The van der Waals surface area contributed by atoms with Crippen LogP contribution >= 0.6 is 11.8 Å². The van der Waals surface area contributed by atoms with E-state index < -0.39 is 28.7 Å². The number of likely N-dealkylation sites (tertiary alicyclic amines) is 1. The first kappa shape index (κ1) is 25.0. The molecule has 0 aromatic heterocycles. The maximum absolute atomic E-state index is 14.1. The number of amides is 3. The van der Waals surface area contributed by atoms with E-state index in [4.69, 9.17) is 0 Å². The number of thioether (sulfide) groups is 1. The van der Waals surface area contributed by atoms with Crippen molar-refractivity contribution in [1.29, 1.82) is 0 Å². The molecule has 3 N–H and O–H groups in total. The highest BCUT2D eigenvalue weighted by atomic mass is 32.2. The Morgan fingerprint density at radius 3 is 2.56 bits per heavy atom. The minimum atomic E-state index is -0.694. The number of nitrogens with one attached hydrogen (secondary N) is 2. The fraction of sp³-hybridized carbons (Fsp3) is 0.654. The van der Waals surface area contributed by atoms with E-state index in [-0.39, 0.29) is 41.4 Å². The summed E-state index contributed by atoms with van der Waals surface area (Å²) in [5.74, 6) is -1.49. The van der Waals surface area contributed by atoms with Crippen LogP contribution < -0.4 is 10.6 Å². The van der Waals surface area contributed by atoms with Crippen molar-refractivity contribution in [3.63, 3.8) is 0 Å². The van der Waals surface area contributed by atoms with Gasteiger partial charge in [0, 0.05) is 17.5 Å². The van der Waals surface area contributed by atoms with E-state index in [0.29, 0.717) is 12.2 Å². The smallest absolute Gasteiger partial charge is 0.244 e. The van der Waals surface area contributed by atoms with Crippen molar-refractivity contribution in [1.82, 2.24) is 10.2 Å². The molecule has 3 aliphatic rings. The van der Waals surface area contributed by atoms with Crippen molar-refractivity contribution in [3.8, 4) is 0 Å². The van der Waals surface area contributed by atoms with Crippen LogP contribution in [0.25, 0.3) is 0 Å². The molecule has 3 heterocycles. The molecular formula is C26H37N3O4S. The number of nitrogens with zero attached hydrogens (tertiary/aromatic N) is 1. The Morgan fingerprint density at radius 1 is 1.24 bits per heavy atom. The van der Waals surface area contributed by atoms with Crippen LogP contribution in [0.1, 0.15) is 47.0 Å². The summed E-state index contributed by atoms with van der Waals surface area (Å²) < 4.78 is -0.668. The number of carbonyl (C=O) groups is 3. The molecule has 7 atom stereocenters. The summed E-state index contributed by atoms with van der Waals surface area (Å²) in [4.78, 5) is 42.9. The van der Waals surface area contributed by atoms with Crippen molar-refractivity contribution in [3.05, 3.63) is 30.3 Å². The third-order valence-corrected chi connectivity index (χ3v) is 10.00. The zero-order valence-corrected chi connectivity index (χ0v) is 21.3. The molecule has 1 aromatic rings. The van der Waals surface area contributed by atoms with Crippen LogP contribution in [0, 0.1) is 23.7 Å². The van der Waals surface area contributed by atoms with E-state index in [9.17, 15) is 19.5 Å². The van der Waals surface area contributed by atoms with Gasteiger partial charge in [-0.1, -0.05) is 52.3 Å². The average Bonchev–Trinajstić information content (AvgIpc) is 3.39. The molecule has 0 aliphatic carbocycles. The molecule has 7 nitrogen and oxygen atoms in total. The molecule has 1 aromatic carbocycles. The lowest BCUT2D eigenvalue weighted by atomic mass is 9.66. The van der Waals surface area contributed by atoms with Gasteiger partial charge in [0.15, 0.2) is 0 Å². The zero-order valence-electron chi connectivity index (χ0n) is 20.5. The molecule has 3 aliphatic heterocycles. The minimum Gasteiger partial charge on any atom is -0.394 e. The Labute approximate surface area is 206 Å². The number of hydrogen-bond donors (Lipinski definition) is 3. The van der Waals surface area contributed by atoms with Gasteiger partial charge in [-0.2, -0.15) is 0 Å². The maximum atomic E-state index is 14.1. The molecule has 3 unspecified atom stereocenters. The number of rotatable bonds is 9. The van der Waals surface area contributed by atoms with Crippen LogP contribution in [0.3, 0.4) is 0 Å². The number of benzene rings is 1. The Bertz CT molecular complexity index is 926. The largest absolute Gasteiger partial charge is 0.394 e. The van der Waals surface area contributed by atoms with Gasteiger partial charge < -0.3 is 20.6 Å². The lowest BCUT2D eigenvalue weighted by Gasteiger charge is -2.40. The quantitative estimate of drug-likeness (QED) is 0.465. The van der Waals surface area contributed by atoms with Crippen LogP contribution in [0.2, 0.25) is 0 Å². The molecule has 2 bridgehead atoms. The second kappa shape index (κ2) is 9.90. The van der Waals surface area contributed by atoms with E-state index in [2.05, 4.69) is 24.5 Å². The number of fused-ring (bicyclic) bond motifs is 1. The Hall–Kier alpha value is -2.06. The Balaban J connectivity index is 1.72. The molecule has 3 amide bonds. The van der Waals surface area contributed by atoms with E-state index in [1.54, 1.807) is 16.7 Å². The number of aliphatic hydroxyl groups excluding tert-OH is 1. The molecule has 186 valence electrons. The van der Waals surface area contributed by atoms with Gasteiger partial charge in [-0.3, -0.25) is 14.4 Å². The topological polar surface area (TPSA) is 98.7 Å². The van der Waals surface area contributed by atoms with Gasteiger partial charge in [0.25, 0.3) is 0 Å². The zero-order chi connectivity index (χ0) is 24.6.